The fourth-order valence-electron chi connectivity index (χ4n) is 0.780. The molecule has 0 aliphatic carbocycles. The van der Waals surface area contributed by atoms with E-state index in [0.717, 1.165) is 5.56 Å². The zero-order valence-electron chi connectivity index (χ0n) is 6.04. The first-order valence-electron chi connectivity index (χ1n) is 3.31. The van der Waals surface area contributed by atoms with Crippen molar-refractivity contribution in [1.82, 2.24) is 0 Å². The Morgan fingerprint density at radius 3 is 2.36 bits per heavy atom. The Bertz CT molecular complexity index is 253. The zero-order valence-corrected chi connectivity index (χ0v) is 6.04. The Labute approximate surface area is 65.0 Å². The summed E-state index contributed by atoms with van der Waals surface area (Å²) in [7, 11) is 0. The molecule has 0 fully saturated rings. The highest BCUT2D eigenvalue weighted by Gasteiger charge is 1.96. The number of rotatable bonds is 2. The van der Waals surface area contributed by atoms with Crippen LogP contribution in [0.2, 0.25) is 0 Å². The lowest BCUT2D eigenvalue weighted by molar-refractivity contribution is 0.475. The van der Waals surface area contributed by atoms with Crippen LogP contribution in [0.3, 0.4) is 0 Å². The number of nitrogens with two attached hydrogens (primary N) is 1. The largest absolute Gasteiger partial charge is 0.508 e. The van der Waals surface area contributed by atoms with Crippen molar-refractivity contribution >= 4 is 5.71 Å². The van der Waals surface area contributed by atoms with Gasteiger partial charge in [-0.3, -0.25) is 0 Å². The van der Waals surface area contributed by atoms with Gasteiger partial charge in [0, 0.05) is 6.54 Å². The van der Waals surface area contributed by atoms with Crippen LogP contribution in [-0.4, -0.2) is 17.4 Å². The average Bonchev–Trinajstić information content (AvgIpc) is 2.05. The molecule has 0 aliphatic rings. The highest BCUT2D eigenvalue weighted by Crippen LogP contribution is 2.09. The fraction of sp³-hybridized carbons (Fsp3) is 0.125. The molecule has 4 N–H and O–H groups in total. The number of phenols is 1. The van der Waals surface area contributed by atoms with Crippen LogP contribution >= 0.6 is 0 Å². The molecule has 1 rings (SSSR count). The summed E-state index contributed by atoms with van der Waals surface area (Å²) in [5, 5.41) is 16.3. The number of hydrogen-bond donors (Lipinski definition) is 3. The molecule has 0 aliphatic heterocycles. The van der Waals surface area contributed by atoms with Crippen LogP contribution in [0.25, 0.3) is 0 Å². The number of benzene rings is 1. The maximum Gasteiger partial charge on any atom is 0.115 e. The van der Waals surface area contributed by atoms with Crippen LogP contribution < -0.4 is 5.73 Å². The Kier molecular flexibility index (Phi) is 2.23. The molecule has 1 aromatic carbocycles. The van der Waals surface area contributed by atoms with Crippen LogP contribution in [0, 0.1) is 5.41 Å². The fourth-order valence-corrected chi connectivity index (χ4v) is 0.780. The number of aromatic hydroxyl groups is 1. The molecule has 0 spiro atoms. The van der Waals surface area contributed by atoms with E-state index in [1.807, 2.05) is 0 Å². The minimum absolute atomic E-state index is 0.207. The van der Waals surface area contributed by atoms with E-state index in [9.17, 15) is 0 Å². The van der Waals surface area contributed by atoms with E-state index in [2.05, 4.69) is 0 Å². The molecular formula is C8H10N2O. The van der Waals surface area contributed by atoms with Gasteiger partial charge in [0.25, 0.3) is 0 Å². The summed E-state index contributed by atoms with van der Waals surface area (Å²) < 4.78 is 0. The van der Waals surface area contributed by atoms with Gasteiger partial charge >= 0.3 is 0 Å². The van der Waals surface area contributed by atoms with Gasteiger partial charge in [-0.2, -0.15) is 0 Å². The Morgan fingerprint density at radius 1 is 1.36 bits per heavy atom. The zero-order chi connectivity index (χ0) is 8.27. The SMILES string of the molecule is N=C(CN)c1ccc(O)cc1. The molecule has 0 atom stereocenters. The van der Waals surface area contributed by atoms with Crippen molar-refractivity contribution in [3.63, 3.8) is 0 Å². The van der Waals surface area contributed by atoms with Gasteiger partial charge < -0.3 is 16.2 Å². The second-order valence-electron chi connectivity index (χ2n) is 2.23. The molecular weight excluding hydrogens is 140 g/mol. The van der Waals surface area contributed by atoms with E-state index < -0.39 is 0 Å². The molecule has 0 unspecified atom stereocenters. The van der Waals surface area contributed by atoms with Gasteiger partial charge in [-0.15, -0.1) is 0 Å². The maximum atomic E-state index is 8.91. The van der Waals surface area contributed by atoms with Gasteiger partial charge in [-0.25, -0.2) is 0 Å². The van der Waals surface area contributed by atoms with Crippen LogP contribution in [0.1, 0.15) is 5.56 Å². The lowest BCUT2D eigenvalue weighted by atomic mass is 10.1. The van der Waals surface area contributed by atoms with Crippen molar-refractivity contribution in [3.05, 3.63) is 29.8 Å². The van der Waals surface area contributed by atoms with Gasteiger partial charge in [0.1, 0.15) is 5.75 Å². The van der Waals surface area contributed by atoms with Crippen molar-refractivity contribution < 1.29 is 5.11 Å². The molecule has 11 heavy (non-hydrogen) atoms. The molecule has 0 saturated heterocycles. The first-order valence-corrected chi connectivity index (χ1v) is 3.31. The van der Waals surface area contributed by atoms with E-state index in [0.29, 0.717) is 5.71 Å². The van der Waals surface area contributed by atoms with Crippen molar-refractivity contribution in [3.8, 4) is 5.75 Å². The smallest absolute Gasteiger partial charge is 0.115 e. The summed E-state index contributed by atoms with van der Waals surface area (Å²) >= 11 is 0. The van der Waals surface area contributed by atoms with Gasteiger partial charge in [0.15, 0.2) is 0 Å². The molecule has 0 radical (unpaired) electrons. The summed E-state index contributed by atoms with van der Waals surface area (Å²) in [6.07, 6.45) is 0. The summed E-state index contributed by atoms with van der Waals surface area (Å²) in [5.41, 5.74) is 6.39. The van der Waals surface area contributed by atoms with Gasteiger partial charge in [-0.1, -0.05) is 0 Å². The Morgan fingerprint density at radius 2 is 1.91 bits per heavy atom. The number of hydrogen-bond acceptors (Lipinski definition) is 3. The van der Waals surface area contributed by atoms with E-state index in [1.165, 1.54) is 0 Å². The predicted octanol–water partition coefficient (Wildman–Crippen LogP) is 0.719. The molecule has 0 heterocycles. The molecule has 0 amide bonds. The van der Waals surface area contributed by atoms with Crippen LogP contribution in [0.4, 0.5) is 0 Å². The van der Waals surface area contributed by atoms with Crippen LogP contribution in [0.15, 0.2) is 24.3 Å². The molecule has 58 valence electrons. The molecule has 1 aromatic rings. The van der Waals surface area contributed by atoms with E-state index in [1.54, 1.807) is 24.3 Å². The molecule has 0 saturated carbocycles. The van der Waals surface area contributed by atoms with Crippen molar-refractivity contribution in [2.24, 2.45) is 5.73 Å². The maximum absolute atomic E-state index is 8.91. The lowest BCUT2D eigenvalue weighted by Crippen LogP contribution is -2.13. The Hall–Kier alpha value is -1.35. The highest BCUT2D eigenvalue weighted by molar-refractivity contribution is 5.99. The number of nitrogens with one attached hydrogen (secondary N) is 1. The Balaban J connectivity index is 2.90. The second-order valence-corrected chi connectivity index (χ2v) is 2.23. The minimum Gasteiger partial charge on any atom is -0.508 e. The third-order valence-corrected chi connectivity index (χ3v) is 1.42. The summed E-state index contributed by atoms with van der Waals surface area (Å²) in [6.45, 7) is 0.227. The summed E-state index contributed by atoms with van der Waals surface area (Å²) in [6, 6.07) is 6.42. The first-order chi connectivity index (χ1) is 5.24. The third kappa shape index (κ3) is 1.78. The molecule has 3 nitrogen and oxygen atoms in total. The average molecular weight is 150 g/mol. The monoisotopic (exact) mass is 150 g/mol. The highest BCUT2D eigenvalue weighted by atomic mass is 16.3. The second kappa shape index (κ2) is 3.16. The summed E-state index contributed by atoms with van der Waals surface area (Å²) in [4.78, 5) is 0. The molecule has 3 heteroatoms. The van der Waals surface area contributed by atoms with E-state index >= 15 is 0 Å². The quantitative estimate of drug-likeness (QED) is 0.543. The van der Waals surface area contributed by atoms with Crippen molar-refractivity contribution in [1.29, 1.82) is 5.41 Å². The first kappa shape index (κ1) is 7.75. The normalized spacial score (nSPS) is 9.55. The van der Waals surface area contributed by atoms with Gasteiger partial charge in [0.05, 0.1) is 5.71 Å². The minimum atomic E-state index is 0.207. The predicted molar refractivity (Wildman–Crippen MR) is 44.0 cm³/mol. The van der Waals surface area contributed by atoms with Crippen molar-refractivity contribution in [2.45, 2.75) is 0 Å². The molecule has 0 bridgehead atoms. The summed E-state index contributed by atoms with van der Waals surface area (Å²) in [5.74, 6) is 0.207. The van der Waals surface area contributed by atoms with Crippen LogP contribution in [0.5, 0.6) is 5.75 Å². The molecule has 0 aromatic heterocycles. The topological polar surface area (TPSA) is 70.1 Å². The van der Waals surface area contributed by atoms with Crippen LogP contribution in [-0.2, 0) is 0 Å². The van der Waals surface area contributed by atoms with E-state index in [-0.39, 0.29) is 12.3 Å². The van der Waals surface area contributed by atoms with Gasteiger partial charge in [0.2, 0.25) is 0 Å². The lowest BCUT2D eigenvalue weighted by Gasteiger charge is -1.99. The van der Waals surface area contributed by atoms with Crippen molar-refractivity contribution in [2.75, 3.05) is 6.54 Å². The third-order valence-electron chi connectivity index (χ3n) is 1.42. The number of phenolic OH excluding ortho intramolecular Hbond substituents is 1. The van der Waals surface area contributed by atoms with Gasteiger partial charge in [-0.05, 0) is 29.8 Å². The standard InChI is InChI=1S/C8H10N2O/c9-5-8(10)6-1-3-7(11)4-2-6/h1-4,10-11H,5,9H2. The van der Waals surface area contributed by atoms with E-state index in [4.69, 9.17) is 16.2 Å².